The highest BCUT2D eigenvalue weighted by Gasteiger charge is 2.21. The number of anilines is 2. The van der Waals surface area contributed by atoms with Crippen molar-refractivity contribution in [2.75, 3.05) is 11.1 Å². The molecule has 0 spiro atoms. The third kappa shape index (κ3) is 4.14. The number of nitrogens with zero attached hydrogens (tertiary/aromatic N) is 5. The van der Waals surface area contributed by atoms with Crippen LogP contribution in [0.2, 0.25) is 0 Å². The molecular weight excluding hydrogens is 450 g/mol. The summed E-state index contributed by atoms with van der Waals surface area (Å²) in [7, 11) is 0. The molecule has 0 unspecified atom stereocenters. The molecule has 3 N–H and O–H groups in total. The molecule has 0 radical (unpaired) electrons. The number of nitrogens with one attached hydrogen (secondary N) is 1. The van der Waals surface area contributed by atoms with E-state index in [0.717, 1.165) is 16.7 Å². The molecule has 0 aliphatic heterocycles. The van der Waals surface area contributed by atoms with Crippen LogP contribution >= 0.6 is 0 Å². The van der Waals surface area contributed by atoms with Gasteiger partial charge in [0.15, 0.2) is 0 Å². The maximum absolute atomic E-state index is 14.1. The zero-order valence-corrected chi connectivity index (χ0v) is 19.8. The van der Waals surface area contributed by atoms with Crippen LogP contribution in [0.3, 0.4) is 0 Å². The number of fused-ring (bicyclic) bond motifs is 1. The summed E-state index contributed by atoms with van der Waals surface area (Å²) in [6.45, 7) is 3.89. The predicted molar refractivity (Wildman–Crippen MR) is 141 cm³/mol. The lowest BCUT2D eigenvalue weighted by atomic mass is 10.00. The predicted octanol–water partition coefficient (Wildman–Crippen LogP) is 4.78. The lowest BCUT2D eigenvalue weighted by molar-refractivity contribution is 0.731. The van der Waals surface area contributed by atoms with Gasteiger partial charge in [-0.25, -0.2) is 9.97 Å². The molecule has 2 heterocycles. The van der Waals surface area contributed by atoms with Crippen molar-refractivity contribution in [3.05, 3.63) is 106 Å². The standard InChI is InChI=1S/C28H23N7O/c1-17-11-13-19(14-12-17)22-9-6-10-23-24(22)27(36)35(21-7-4-3-5-8-21)26(33-23)18(2)32-25-20(15-29)16-31-28(30)34-25/h3-14,16,18H,1-2H3,(H3,30,31,32,34)/t18-/m0/s1. The van der Waals surface area contributed by atoms with Gasteiger partial charge in [0.05, 0.1) is 28.8 Å². The number of aryl methyl sites for hydroxylation is 1. The van der Waals surface area contributed by atoms with Crippen LogP contribution in [-0.4, -0.2) is 19.5 Å². The summed E-state index contributed by atoms with van der Waals surface area (Å²) < 4.78 is 1.61. The van der Waals surface area contributed by atoms with Gasteiger partial charge in [-0.1, -0.05) is 60.2 Å². The third-order valence-electron chi connectivity index (χ3n) is 5.97. The van der Waals surface area contributed by atoms with Gasteiger partial charge in [-0.05, 0) is 43.2 Å². The van der Waals surface area contributed by atoms with E-state index >= 15 is 0 Å². The highest BCUT2D eigenvalue weighted by Crippen LogP contribution is 2.28. The zero-order valence-electron chi connectivity index (χ0n) is 19.8. The van der Waals surface area contributed by atoms with E-state index in [9.17, 15) is 10.1 Å². The SMILES string of the molecule is Cc1ccc(-c2cccc3nc([C@H](C)Nc4nc(N)ncc4C#N)n(-c4ccccc4)c(=O)c23)cc1. The molecule has 0 saturated heterocycles. The van der Waals surface area contributed by atoms with Crippen LogP contribution in [0.5, 0.6) is 0 Å². The highest BCUT2D eigenvalue weighted by molar-refractivity contribution is 5.94. The maximum Gasteiger partial charge on any atom is 0.266 e. The van der Waals surface area contributed by atoms with E-state index in [1.165, 1.54) is 6.20 Å². The molecule has 36 heavy (non-hydrogen) atoms. The molecule has 0 saturated carbocycles. The molecule has 0 bridgehead atoms. The van der Waals surface area contributed by atoms with Gasteiger partial charge >= 0.3 is 0 Å². The lowest BCUT2D eigenvalue weighted by Crippen LogP contribution is -2.28. The number of para-hydroxylation sites is 1. The van der Waals surface area contributed by atoms with Gasteiger partial charge in [-0.3, -0.25) is 9.36 Å². The van der Waals surface area contributed by atoms with E-state index in [0.29, 0.717) is 22.4 Å². The van der Waals surface area contributed by atoms with Crippen LogP contribution in [0.25, 0.3) is 27.7 Å². The highest BCUT2D eigenvalue weighted by atomic mass is 16.1. The smallest absolute Gasteiger partial charge is 0.266 e. The minimum Gasteiger partial charge on any atom is -0.368 e. The topological polar surface area (TPSA) is 123 Å². The maximum atomic E-state index is 14.1. The Bertz CT molecular complexity index is 1670. The van der Waals surface area contributed by atoms with Gasteiger partial charge in [0.25, 0.3) is 5.56 Å². The van der Waals surface area contributed by atoms with Crippen LogP contribution in [0.1, 0.15) is 29.9 Å². The van der Waals surface area contributed by atoms with Crippen molar-refractivity contribution in [1.82, 2.24) is 19.5 Å². The Kier molecular flexibility index (Phi) is 5.88. The fourth-order valence-electron chi connectivity index (χ4n) is 4.20. The van der Waals surface area contributed by atoms with Crippen molar-refractivity contribution < 1.29 is 0 Å². The Hall–Kier alpha value is -5.03. The van der Waals surface area contributed by atoms with Crippen molar-refractivity contribution in [1.29, 1.82) is 5.26 Å². The summed E-state index contributed by atoms with van der Waals surface area (Å²) in [5.74, 6) is 0.791. The van der Waals surface area contributed by atoms with E-state index in [2.05, 4.69) is 21.4 Å². The summed E-state index contributed by atoms with van der Waals surface area (Å²) in [4.78, 5) is 27.1. The second-order valence-electron chi connectivity index (χ2n) is 8.48. The third-order valence-corrected chi connectivity index (χ3v) is 5.97. The molecule has 3 aromatic carbocycles. The second kappa shape index (κ2) is 9.31. The van der Waals surface area contributed by atoms with Crippen molar-refractivity contribution in [2.24, 2.45) is 0 Å². The average molecular weight is 474 g/mol. The number of rotatable bonds is 5. The normalized spacial score (nSPS) is 11.7. The molecule has 1 atom stereocenters. The Morgan fingerprint density at radius 1 is 1.00 bits per heavy atom. The summed E-state index contributed by atoms with van der Waals surface area (Å²) in [5.41, 5.74) is 9.98. The monoisotopic (exact) mass is 473 g/mol. The van der Waals surface area contributed by atoms with Gasteiger partial charge in [-0.15, -0.1) is 0 Å². The van der Waals surface area contributed by atoms with E-state index in [1.54, 1.807) is 4.57 Å². The van der Waals surface area contributed by atoms with Crippen molar-refractivity contribution in [3.63, 3.8) is 0 Å². The first-order valence-electron chi connectivity index (χ1n) is 11.4. The molecule has 0 amide bonds. The first kappa shape index (κ1) is 22.7. The zero-order chi connectivity index (χ0) is 25.2. The van der Waals surface area contributed by atoms with Crippen molar-refractivity contribution >= 4 is 22.7 Å². The molecule has 0 fully saturated rings. The summed E-state index contributed by atoms with van der Waals surface area (Å²) in [6.07, 6.45) is 1.36. The Labute approximate surface area is 207 Å². The second-order valence-corrected chi connectivity index (χ2v) is 8.48. The number of hydrogen-bond acceptors (Lipinski definition) is 7. The number of nitriles is 1. The minimum absolute atomic E-state index is 0.0401. The average Bonchev–Trinajstić information content (AvgIpc) is 2.89. The van der Waals surface area contributed by atoms with E-state index < -0.39 is 6.04 Å². The fraction of sp³-hybridized carbons (Fsp3) is 0.107. The minimum atomic E-state index is -0.494. The van der Waals surface area contributed by atoms with Crippen LogP contribution in [-0.2, 0) is 0 Å². The van der Waals surface area contributed by atoms with Crippen LogP contribution in [0.15, 0.2) is 83.8 Å². The number of benzene rings is 3. The van der Waals surface area contributed by atoms with Gasteiger partial charge in [0.1, 0.15) is 23.3 Å². The summed E-state index contributed by atoms with van der Waals surface area (Å²) >= 11 is 0. The van der Waals surface area contributed by atoms with Crippen LogP contribution in [0.4, 0.5) is 11.8 Å². The molecule has 0 aliphatic rings. The first-order chi connectivity index (χ1) is 17.5. The van der Waals surface area contributed by atoms with Gasteiger partial charge in [0.2, 0.25) is 5.95 Å². The van der Waals surface area contributed by atoms with Gasteiger partial charge < -0.3 is 11.1 Å². The number of hydrogen-bond donors (Lipinski definition) is 2. The Balaban J connectivity index is 1.74. The van der Waals surface area contributed by atoms with E-state index in [1.807, 2.05) is 86.6 Å². The first-order valence-corrected chi connectivity index (χ1v) is 11.4. The van der Waals surface area contributed by atoms with Crippen LogP contribution < -0.4 is 16.6 Å². The van der Waals surface area contributed by atoms with E-state index in [4.69, 9.17) is 10.7 Å². The molecule has 2 aromatic heterocycles. The fourth-order valence-corrected chi connectivity index (χ4v) is 4.20. The number of aromatic nitrogens is 4. The molecule has 8 nitrogen and oxygen atoms in total. The van der Waals surface area contributed by atoms with E-state index in [-0.39, 0.29) is 22.9 Å². The molecular formula is C28H23N7O. The molecule has 5 rings (SSSR count). The summed E-state index contributed by atoms with van der Waals surface area (Å²) in [6, 6.07) is 24.7. The Morgan fingerprint density at radius 2 is 1.75 bits per heavy atom. The Morgan fingerprint density at radius 3 is 2.47 bits per heavy atom. The number of nitrogen functional groups attached to an aromatic ring is 1. The van der Waals surface area contributed by atoms with Crippen molar-refractivity contribution in [3.8, 4) is 22.9 Å². The van der Waals surface area contributed by atoms with Crippen LogP contribution in [0, 0.1) is 18.3 Å². The largest absolute Gasteiger partial charge is 0.368 e. The molecule has 176 valence electrons. The molecule has 0 aliphatic carbocycles. The number of nitrogens with two attached hydrogens (primary N) is 1. The summed E-state index contributed by atoms with van der Waals surface area (Å²) in [5, 5.41) is 13.2. The molecule has 8 heteroatoms. The lowest BCUT2D eigenvalue weighted by Gasteiger charge is -2.21. The van der Waals surface area contributed by atoms with Crippen molar-refractivity contribution in [2.45, 2.75) is 19.9 Å². The molecule has 5 aromatic rings. The van der Waals surface area contributed by atoms with Gasteiger partial charge in [-0.2, -0.15) is 10.2 Å². The van der Waals surface area contributed by atoms with Gasteiger partial charge in [0, 0.05) is 0 Å². The quantitative estimate of drug-likeness (QED) is 0.377.